The summed E-state index contributed by atoms with van der Waals surface area (Å²) in [5.74, 6) is 0. The van der Waals surface area contributed by atoms with Gasteiger partial charge in [0.15, 0.2) is 0 Å². The molecule has 2 nitrogen and oxygen atoms in total. The topological polar surface area (TPSA) is 36.7 Å². The summed E-state index contributed by atoms with van der Waals surface area (Å²) in [5.41, 5.74) is 0.471. The van der Waals surface area contributed by atoms with E-state index in [9.17, 15) is 0 Å². The Kier molecular flexibility index (Phi) is 1.99. The standard InChI is InChI=1S/C10H5BrN2/c11-9-6-13-10(5-12)8-4-2-1-3-7(8)9/h1-4,6H. The van der Waals surface area contributed by atoms with Gasteiger partial charge in [-0.1, -0.05) is 24.3 Å². The molecule has 1 heterocycles. The first-order valence-corrected chi connectivity index (χ1v) is 4.55. The van der Waals surface area contributed by atoms with Crippen LogP contribution in [0.4, 0.5) is 0 Å². The van der Waals surface area contributed by atoms with Crippen molar-refractivity contribution >= 4 is 26.7 Å². The third-order valence-corrected chi connectivity index (χ3v) is 2.48. The van der Waals surface area contributed by atoms with Crippen LogP contribution in [0.3, 0.4) is 0 Å². The van der Waals surface area contributed by atoms with Crippen molar-refractivity contribution in [3.8, 4) is 6.07 Å². The number of halogens is 1. The lowest BCUT2D eigenvalue weighted by atomic mass is 10.1. The monoisotopic (exact) mass is 232 g/mol. The summed E-state index contributed by atoms with van der Waals surface area (Å²) in [4.78, 5) is 4.02. The first-order valence-electron chi connectivity index (χ1n) is 3.76. The van der Waals surface area contributed by atoms with Gasteiger partial charge in [0, 0.05) is 21.4 Å². The van der Waals surface area contributed by atoms with Crippen LogP contribution >= 0.6 is 15.9 Å². The predicted octanol–water partition coefficient (Wildman–Crippen LogP) is 2.87. The highest BCUT2D eigenvalue weighted by atomic mass is 79.9. The van der Waals surface area contributed by atoms with Crippen LogP contribution in [0.15, 0.2) is 34.9 Å². The lowest BCUT2D eigenvalue weighted by molar-refractivity contribution is 1.28. The summed E-state index contributed by atoms with van der Waals surface area (Å²) in [5, 5.41) is 10.7. The molecule has 0 atom stereocenters. The highest BCUT2D eigenvalue weighted by molar-refractivity contribution is 9.10. The molecule has 0 fully saturated rings. The van der Waals surface area contributed by atoms with Crippen LogP contribution in [0.2, 0.25) is 0 Å². The second-order valence-electron chi connectivity index (χ2n) is 2.61. The van der Waals surface area contributed by atoms with E-state index < -0.39 is 0 Å². The van der Waals surface area contributed by atoms with Crippen molar-refractivity contribution in [1.29, 1.82) is 5.26 Å². The summed E-state index contributed by atoms with van der Waals surface area (Å²) < 4.78 is 0.919. The smallest absolute Gasteiger partial charge is 0.148 e. The van der Waals surface area contributed by atoms with Gasteiger partial charge in [-0.25, -0.2) is 4.98 Å². The lowest BCUT2D eigenvalue weighted by Gasteiger charge is -2.00. The maximum Gasteiger partial charge on any atom is 0.148 e. The molecule has 1 aromatic heterocycles. The summed E-state index contributed by atoms with van der Waals surface area (Å²) in [6.07, 6.45) is 1.65. The highest BCUT2D eigenvalue weighted by Crippen LogP contribution is 2.24. The molecule has 2 rings (SSSR count). The summed E-state index contributed by atoms with van der Waals surface area (Å²) in [7, 11) is 0. The largest absolute Gasteiger partial charge is 0.244 e. The molecule has 0 amide bonds. The van der Waals surface area contributed by atoms with Crippen LogP contribution in [0, 0.1) is 11.3 Å². The second-order valence-corrected chi connectivity index (χ2v) is 3.47. The van der Waals surface area contributed by atoms with Crippen molar-refractivity contribution in [2.45, 2.75) is 0 Å². The molecule has 13 heavy (non-hydrogen) atoms. The minimum absolute atomic E-state index is 0.471. The Morgan fingerprint density at radius 1 is 1.23 bits per heavy atom. The molecule has 0 aliphatic rings. The van der Waals surface area contributed by atoms with Gasteiger partial charge in [-0.05, 0) is 15.9 Å². The van der Waals surface area contributed by atoms with Crippen molar-refractivity contribution in [3.63, 3.8) is 0 Å². The quantitative estimate of drug-likeness (QED) is 0.701. The molecule has 0 saturated heterocycles. The lowest BCUT2D eigenvalue weighted by Crippen LogP contribution is -1.85. The first kappa shape index (κ1) is 8.21. The van der Waals surface area contributed by atoms with Gasteiger partial charge in [-0.3, -0.25) is 0 Å². The third-order valence-electron chi connectivity index (χ3n) is 1.85. The van der Waals surface area contributed by atoms with Crippen LogP contribution in [-0.2, 0) is 0 Å². The maximum absolute atomic E-state index is 8.80. The molecular weight excluding hydrogens is 228 g/mol. The van der Waals surface area contributed by atoms with Gasteiger partial charge in [-0.15, -0.1) is 0 Å². The second kappa shape index (κ2) is 3.15. The van der Waals surface area contributed by atoms with Gasteiger partial charge in [-0.2, -0.15) is 5.26 Å². The molecule has 1 aromatic carbocycles. The number of pyridine rings is 1. The van der Waals surface area contributed by atoms with Crippen LogP contribution in [0.1, 0.15) is 5.69 Å². The molecule has 3 heteroatoms. The zero-order valence-electron chi connectivity index (χ0n) is 6.66. The predicted molar refractivity (Wildman–Crippen MR) is 54.2 cm³/mol. The number of hydrogen-bond acceptors (Lipinski definition) is 2. The molecule has 0 radical (unpaired) electrons. The Morgan fingerprint density at radius 3 is 2.62 bits per heavy atom. The van der Waals surface area contributed by atoms with Gasteiger partial charge in [0.1, 0.15) is 11.8 Å². The number of nitriles is 1. The van der Waals surface area contributed by atoms with E-state index in [1.165, 1.54) is 0 Å². The summed E-state index contributed by atoms with van der Waals surface area (Å²) in [6, 6.07) is 9.76. The van der Waals surface area contributed by atoms with Gasteiger partial charge in [0.25, 0.3) is 0 Å². The number of hydrogen-bond donors (Lipinski definition) is 0. The van der Waals surface area contributed by atoms with E-state index in [0.29, 0.717) is 5.69 Å². The average Bonchev–Trinajstić information content (AvgIpc) is 2.19. The summed E-state index contributed by atoms with van der Waals surface area (Å²) >= 11 is 3.39. The minimum atomic E-state index is 0.471. The number of nitrogens with zero attached hydrogens (tertiary/aromatic N) is 2. The van der Waals surface area contributed by atoms with E-state index in [1.54, 1.807) is 6.20 Å². The van der Waals surface area contributed by atoms with Crippen LogP contribution in [0.25, 0.3) is 10.8 Å². The Bertz CT molecular complexity index is 500. The maximum atomic E-state index is 8.80. The van der Waals surface area contributed by atoms with Crippen molar-refractivity contribution in [2.75, 3.05) is 0 Å². The van der Waals surface area contributed by atoms with Gasteiger partial charge >= 0.3 is 0 Å². The molecule has 0 saturated carbocycles. The number of rotatable bonds is 0. The summed E-state index contributed by atoms with van der Waals surface area (Å²) in [6.45, 7) is 0. The molecule has 0 spiro atoms. The Balaban J connectivity index is 2.95. The first-order chi connectivity index (χ1) is 6.33. The highest BCUT2D eigenvalue weighted by Gasteiger charge is 2.03. The number of benzene rings is 1. The van der Waals surface area contributed by atoms with Gasteiger partial charge in [0.2, 0.25) is 0 Å². The van der Waals surface area contributed by atoms with E-state index >= 15 is 0 Å². The molecule has 2 aromatic rings. The fourth-order valence-electron chi connectivity index (χ4n) is 1.25. The fourth-order valence-corrected chi connectivity index (χ4v) is 1.70. The van der Waals surface area contributed by atoms with E-state index in [0.717, 1.165) is 15.2 Å². The number of aromatic nitrogens is 1. The average molecular weight is 233 g/mol. The normalized spacial score (nSPS) is 9.85. The van der Waals surface area contributed by atoms with E-state index in [2.05, 4.69) is 27.0 Å². The SMILES string of the molecule is N#Cc1ncc(Br)c2ccccc12. The number of fused-ring (bicyclic) bond motifs is 1. The molecule has 0 bridgehead atoms. The van der Waals surface area contributed by atoms with E-state index in [-0.39, 0.29) is 0 Å². The zero-order chi connectivity index (χ0) is 9.26. The van der Waals surface area contributed by atoms with Crippen LogP contribution < -0.4 is 0 Å². The molecule has 0 N–H and O–H groups in total. The van der Waals surface area contributed by atoms with Crippen molar-refractivity contribution in [3.05, 3.63) is 40.6 Å². The third kappa shape index (κ3) is 1.30. The van der Waals surface area contributed by atoms with E-state index in [4.69, 9.17) is 5.26 Å². The van der Waals surface area contributed by atoms with E-state index in [1.807, 2.05) is 24.3 Å². The Morgan fingerprint density at radius 2 is 1.92 bits per heavy atom. The van der Waals surface area contributed by atoms with Crippen molar-refractivity contribution < 1.29 is 0 Å². The molecular formula is C10H5BrN2. The molecule has 0 aliphatic carbocycles. The molecule has 0 unspecified atom stereocenters. The minimum Gasteiger partial charge on any atom is -0.244 e. The molecule has 62 valence electrons. The van der Waals surface area contributed by atoms with Crippen LogP contribution in [-0.4, -0.2) is 4.98 Å². The van der Waals surface area contributed by atoms with Crippen molar-refractivity contribution in [2.24, 2.45) is 0 Å². The van der Waals surface area contributed by atoms with Gasteiger partial charge < -0.3 is 0 Å². The Hall–Kier alpha value is -1.40. The molecule has 0 aliphatic heterocycles. The van der Waals surface area contributed by atoms with Gasteiger partial charge in [0.05, 0.1) is 0 Å². The van der Waals surface area contributed by atoms with Crippen molar-refractivity contribution in [1.82, 2.24) is 4.98 Å². The fraction of sp³-hybridized carbons (Fsp3) is 0. The van der Waals surface area contributed by atoms with Crippen LogP contribution in [0.5, 0.6) is 0 Å². The Labute approximate surface area is 84.0 Å². The zero-order valence-corrected chi connectivity index (χ0v) is 8.25.